The van der Waals surface area contributed by atoms with Crippen molar-refractivity contribution in [2.24, 2.45) is 0 Å². The standard InChI is InChI=1S/C20H23F2N3O3/c21-17(22)11-24-7-5-12(6-8-24)13-1-2-15-14(9-13)10-25(20(15)28)16-3-4-18(26)23-19(16)27/h1-2,9,12,16-17H,3-8,10-11H2,(H,23,26,27). The van der Waals surface area contributed by atoms with Gasteiger partial charge in [-0.3, -0.25) is 24.6 Å². The molecular formula is C20H23F2N3O3. The molecule has 0 spiro atoms. The second-order valence-corrected chi connectivity index (χ2v) is 7.78. The van der Waals surface area contributed by atoms with Crippen LogP contribution in [0, 0.1) is 0 Å². The zero-order chi connectivity index (χ0) is 19.8. The minimum Gasteiger partial charge on any atom is -0.322 e. The van der Waals surface area contributed by atoms with Crippen LogP contribution >= 0.6 is 0 Å². The summed E-state index contributed by atoms with van der Waals surface area (Å²) < 4.78 is 25.1. The second-order valence-electron chi connectivity index (χ2n) is 7.78. The SMILES string of the molecule is O=C1CCC(N2Cc3cc(C4CCN(CC(F)F)CC4)ccc3C2=O)C(=O)N1. The second kappa shape index (κ2) is 7.58. The first kappa shape index (κ1) is 19.0. The summed E-state index contributed by atoms with van der Waals surface area (Å²) in [7, 11) is 0. The molecule has 0 bridgehead atoms. The maximum absolute atomic E-state index is 12.7. The van der Waals surface area contributed by atoms with Crippen LogP contribution in [0.4, 0.5) is 8.78 Å². The van der Waals surface area contributed by atoms with Crippen molar-refractivity contribution in [1.29, 1.82) is 0 Å². The lowest BCUT2D eigenvalue weighted by molar-refractivity contribution is -0.136. The summed E-state index contributed by atoms with van der Waals surface area (Å²) >= 11 is 0. The Kier molecular flexibility index (Phi) is 5.14. The van der Waals surface area contributed by atoms with Gasteiger partial charge in [-0.15, -0.1) is 0 Å². The molecule has 0 aromatic heterocycles. The molecule has 3 aliphatic rings. The molecular weight excluding hydrogens is 368 g/mol. The highest BCUT2D eigenvalue weighted by atomic mass is 19.3. The molecule has 1 unspecified atom stereocenters. The molecule has 0 radical (unpaired) electrons. The number of fused-ring (bicyclic) bond motifs is 1. The van der Waals surface area contributed by atoms with E-state index < -0.39 is 18.4 Å². The summed E-state index contributed by atoms with van der Waals surface area (Å²) in [6.07, 6.45) is -0.0911. The molecule has 1 atom stereocenters. The normalized spacial score (nSPS) is 24.0. The molecule has 3 aliphatic heterocycles. The average Bonchev–Trinajstić information content (AvgIpc) is 2.98. The minimum atomic E-state index is -2.30. The van der Waals surface area contributed by atoms with Gasteiger partial charge in [-0.05, 0) is 55.5 Å². The number of nitrogens with one attached hydrogen (secondary N) is 1. The van der Waals surface area contributed by atoms with Gasteiger partial charge in [0, 0.05) is 18.5 Å². The monoisotopic (exact) mass is 391 g/mol. The first-order chi connectivity index (χ1) is 13.4. The average molecular weight is 391 g/mol. The Hall–Kier alpha value is -2.35. The molecule has 0 saturated carbocycles. The predicted octanol–water partition coefficient (Wildman–Crippen LogP) is 1.89. The Morgan fingerprint density at radius 1 is 1.11 bits per heavy atom. The number of imide groups is 1. The van der Waals surface area contributed by atoms with Gasteiger partial charge in [0.25, 0.3) is 12.3 Å². The Morgan fingerprint density at radius 2 is 1.86 bits per heavy atom. The molecule has 150 valence electrons. The highest BCUT2D eigenvalue weighted by molar-refractivity contribution is 6.05. The number of piperidine rings is 2. The number of likely N-dealkylation sites (tertiary alicyclic amines) is 1. The lowest BCUT2D eigenvalue weighted by Gasteiger charge is -2.32. The number of carbonyl (C=O) groups is 3. The van der Waals surface area contributed by atoms with E-state index in [-0.39, 0.29) is 24.8 Å². The molecule has 0 aliphatic carbocycles. The molecule has 3 heterocycles. The lowest BCUT2D eigenvalue weighted by atomic mass is 9.88. The van der Waals surface area contributed by atoms with E-state index in [0.29, 0.717) is 37.5 Å². The zero-order valence-electron chi connectivity index (χ0n) is 15.5. The summed E-state index contributed by atoms with van der Waals surface area (Å²) in [6, 6.07) is 5.16. The van der Waals surface area contributed by atoms with Crippen molar-refractivity contribution in [3.63, 3.8) is 0 Å². The van der Waals surface area contributed by atoms with Crippen molar-refractivity contribution < 1.29 is 23.2 Å². The molecule has 28 heavy (non-hydrogen) atoms. The van der Waals surface area contributed by atoms with Gasteiger partial charge in [0.2, 0.25) is 11.8 Å². The van der Waals surface area contributed by atoms with Gasteiger partial charge in [0.15, 0.2) is 0 Å². The molecule has 1 aromatic rings. The Balaban J connectivity index is 1.44. The molecule has 2 fully saturated rings. The van der Waals surface area contributed by atoms with Gasteiger partial charge < -0.3 is 4.90 Å². The van der Waals surface area contributed by atoms with E-state index in [0.717, 1.165) is 24.0 Å². The summed E-state index contributed by atoms with van der Waals surface area (Å²) in [4.78, 5) is 39.6. The largest absolute Gasteiger partial charge is 0.322 e. The summed E-state index contributed by atoms with van der Waals surface area (Å²) in [6.45, 7) is 1.48. The van der Waals surface area contributed by atoms with E-state index >= 15 is 0 Å². The Bertz CT molecular complexity index is 806. The van der Waals surface area contributed by atoms with Crippen LogP contribution in [0.25, 0.3) is 0 Å². The number of carbonyl (C=O) groups excluding carboxylic acids is 3. The molecule has 2 saturated heterocycles. The van der Waals surface area contributed by atoms with Gasteiger partial charge in [-0.2, -0.15) is 0 Å². The first-order valence-electron chi connectivity index (χ1n) is 9.70. The molecule has 3 amide bonds. The van der Waals surface area contributed by atoms with Crippen LogP contribution in [0.5, 0.6) is 0 Å². The van der Waals surface area contributed by atoms with Crippen LogP contribution < -0.4 is 5.32 Å². The smallest absolute Gasteiger partial charge is 0.255 e. The first-order valence-corrected chi connectivity index (χ1v) is 9.70. The van der Waals surface area contributed by atoms with Gasteiger partial charge >= 0.3 is 0 Å². The highest BCUT2D eigenvalue weighted by Gasteiger charge is 2.39. The number of halogens is 2. The molecule has 8 heteroatoms. The van der Waals surface area contributed by atoms with Crippen LogP contribution in [0.2, 0.25) is 0 Å². The molecule has 4 rings (SSSR count). The van der Waals surface area contributed by atoms with Crippen LogP contribution in [0.3, 0.4) is 0 Å². The maximum Gasteiger partial charge on any atom is 0.255 e. The number of benzene rings is 1. The third-order valence-corrected chi connectivity index (χ3v) is 6.00. The summed E-state index contributed by atoms with van der Waals surface area (Å²) in [5.41, 5.74) is 2.61. The zero-order valence-corrected chi connectivity index (χ0v) is 15.5. The van der Waals surface area contributed by atoms with Crippen molar-refractivity contribution >= 4 is 17.7 Å². The minimum absolute atomic E-state index is 0.174. The van der Waals surface area contributed by atoms with Gasteiger partial charge in [-0.1, -0.05) is 12.1 Å². The lowest BCUT2D eigenvalue weighted by Crippen LogP contribution is -2.52. The summed E-state index contributed by atoms with van der Waals surface area (Å²) in [5.74, 6) is -0.600. The van der Waals surface area contributed by atoms with Crippen LogP contribution in [-0.2, 0) is 16.1 Å². The number of amides is 3. The fraction of sp³-hybridized carbons (Fsp3) is 0.550. The number of rotatable bonds is 4. The van der Waals surface area contributed by atoms with E-state index in [9.17, 15) is 23.2 Å². The van der Waals surface area contributed by atoms with Crippen LogP contribution in [-0.4, -0.2) is 59.6 Å². The fourth-order valence-corrected chi connectivity index (χ4v) is 4.49. The van der Waals surface area contributed by atoms with Crippen molar-refractivity contribution in [3.8, 4) is 0 Å². The predicted molar refractivity (Wildman–Crippen MR) is 96.9 cm³/mol. The van der Waals surface area contributed by atoms with Crippen molar-refractivity contribution in [1.82, 2.24) is 15.1 Å². The number of hydrogen-bond acceptors (Lipinski definition) is 4. The Labute approximate surface area is 161 Å². The van der Waals surface area contributed by atoms with E-state index in [1.54, 1.807) is 9.80 Å². The fourth-order valence-electron chi connectivity index (χ4n) is 4.49. The highest BCUT2D eigenvalue weighted by Crippen LogP contribution is 2.33. The topological polar surface area (TPSA) is 69.7 Å². The third-order valence-electron chi connectivity index (χ3n) is 6.00. The van der Waals surface area contributed by atoms with E-state index in [1.807, 2.05) is 18.2 Å². The number of nitrogens with zero attached hydrogens (tertiary/aromatic N) is 2. The van der Waals surface area contributed by atoms with E-state index in [1.165, 1.54) is 0 Å². The molecule has 1 aromatic carbocycles. The molecule has 6 nitrogen and oxygen atoms in total. The van der Waals surface area contributed by atoms with E-state index in [2.05, 4.69) is 5.32 Å². The van der Waals surface area contributed by atoms with Crippen LogP contribution in [0.1, 0.15) is 53.1 Å². The van der Waals surface area contributed by atoms with Crippen LogP contribution in [0.15, 0.2) is 18.2 Å². The number of hydrogen-bond donors (Lipinski definition) is 1. The Morgan fingerprint density at radius 3 is 2.54 bits per heavy atom. The molecule has 1 N–H and O–H groups in total. The van der Waals surface area contributed by atoms with Crippen molar-refractivity contribution in [3.05, 3.63) is 34.9 Å². The number of alkyl halides is 2. The maximum atomic E-state index is 12.7. The van der Waals surface area contributed by atoms with Gasteiger partial charge in [-0.25, -0.2) is 8.78 Å². The van der Waals surface area contributed by atoms with Crippen molar-refractivity contribution in [2.45, 2.75) is 50.6 Å². The van der Waals surface area contributed by atoms with Gasteiger partial charge in [0.05, 0.1) is 6.54 Å². The van der Waals surface area contributed by atoms with Crippen molar-refractivity contribution in [2.75, 3.05) is 19.6 Å². The quantitative estimate of drug-likeness (QED) is 0.796. The summed E-state index contributed by atoms with van der Waals surface area (Å²) in [5, 5.41) is 2.30. The third kappa shape index (κ3) is 3.65. The van der Waals surface area contributed by atoms with E-state index in [4.69, 9.17) is 0 Å². The van der Waals surface area contributed by atoms with Gasteiger partial charge in [0.1, 0.15) is 6.04 Å².